The second-order valence-electron chi connectivity index (χ2n) is 5.93. The van der Waals surface area contributed by atoms with Crippen LogP contribution in [0.2, 0.25) is 0 Å². The van der Waals surface area contributed by atoms with Gasteiger partial charge in [-0.05, 0) is 49.1 Å². The van der Waals surface area contributed by atoms with Crippen molar-refractivity contribution in [1.82, 2.24) is 4.90 Å². The Hall–Kier alpha value is -2.21. The van der Waals surface area contributed by atoms with Crippen LogP contribution in [0, 0.1) is 5.82 Å². The Bertz CT molecular complexity index is 723. The zero-order chi connectivity index (χ0) is 17.6. The first-order valence-corrected chi connectivity index (χ1v) is 9.59. The predicted octanol–water partition coefficient (Wildman–Crippen LogP) is 4.29. The predicted molar refractivity (Wildman–Crippen MR) is 102 cm³/mol. The van der Waals surface area contributed by atoms with E-state index in [4.69, 9.17) is 0 Å². The standard InChI is InChI=1S/C19H22FN3OS/c1-25-18-6-3-2-5-17(18)21-19(24)23-12-4-11-22(13-14-23)16-9-7-15(20)8-10-16/h2-3,5-10H,4,11-14H2,1H3,(H,21,24). The highest BCUT2D eigenvalue weighted by Gasteiger charge is 2.20. The zero-order valence-electron chi connectivity index (χ0n) is 14.2. The smallest absolute Gasteiger partial charge is 0.321 e. The normalized spacial score (nSPS) is 15.0. The Labute approximate surface area is 152 Å². The van der Waals surface area contributed by atoms with Crippen LogP contribution < -0.4 is 10.2 Å². The summed E-state index contributed by atoms with van der Waals surface area (Å²) in [4.78, 5) is 17.7. The Morgan fingerprint density at radius 3 is 2.56 bits per heavy atom. The van der Waals surface area contributed by atoms with Gasteiger partial charge in [-0.3, -0.25) is 0 Å². The number of hydrogen-bond acceptors (Lipinski definition) is 3. The van der Waals surface area contributed by atoms with E-state index in [1.165, 1.54) is 12.1 Å². The molecule has 1 fully saturated rings. The van der Waals surface area contributed by atoms with Crippen molar-refractivity contribution in [1.29, 1.82) is 0 Å². The zero-order valence-corrected chi connectivity index (χ0v) is 15.1. The number of carbonyl (C=O) groups is 1. The van der Waals surface area contributed by atoms with Crippen molar-refractivity contribution in [2.75, 3.05) is 42.7 Å². The van der Waals surface area contributed by atoms with Crippen molar-refractivity contribution in [2.45, 2.75) is 11.3 Å². The molecule has 2 aromatic carbocycles. The number of urea groups is 1. The summed E-state index contributed by atoms with van der Waals surface area (Å²) in [7, 11) is 0. The number of thioether (sulfide) groups is 1. The fraction of sp³-hybridized carbons (Fsp3) is 0.316. The van der Waals surface area contributed by atoms with Gasteiger partial charge in [0, 0.05) is 36.8 Å². The van der Waals surface area contributed by atoms with Gasteiger partial charge >= 0.3 is 6.03 Å². The molecule has 1 N–H and O–H groups in total. The van der Waals surface area contributed by atoms with Gasteiger partial charge in [-0.25, -0.2) is 9.18 Å². The number of anilines is 2. The number of halogens is 1. The van der Waals surface area contributed by atoms with Crippen LogP contribution in [0.5, 0.6) is 0 Å². The molecule has 0 atom stereocenters. The van der Waals surface area contributed by atoms with E-state index in [0.29, 0.717) is 13.1 Å². The largest absolute Gasteiger partial charge is 0.370 e. The number of para-hydroxylation sites is 1. The monoisotopic (exact) mass is 359 g/mol. The average Bonchev–Trinajstić information content (AvgIpc) is 2.89. The summed E-state index contributed by atoms with van der Waals surface area (Å²) >= 11 is 1.61. The highest BCUT2D eigenvalue weighted by Crippen LogP contribution is 2.25. The van der Waals surface area contributed by atoms with Crippen molar-refractivity contribution in [3.63, 3.8) is 0 Å². The summed E-state index contributed by atoms with van der Waals surface area (Å²) in [6.45, 7) is 2.95. The molecular weight excluding hydrogens is 337 g/mol. The first kappa shape index (κ1) is 17.6. The van der Waals surface area contributed by atoms with Crippen molar-refractivity contribution in [3.05, 3.63) is 54.3 Å². The maximum Gasteiger partial charge on any atom is 0.321 e. The van der Waals surface area contributed by atoms with Gasteiger partial charge in [-0.1, -0.05) is 12.1 Å². The number of nitrogens with one attached hydrogen (secondary N) is 1. The molecule has 0 radical (unpaired) electrons. The van der Waals surface area contributed by atoms with Gasteiger partial charge in [0.25, 0.3) is 0 Å². The highest BCUT2D eigenvalue weighted by molar-refractivity contribution is 7.98. The average molecular weight is 359 g/mol. The third kappa shape index (κ3) is 4.45. The van der Waals surface area contributed by atoms with Crippen LogP contribution in [0.3, 0.4) is 0 Å². The number of nitrogens with zero attached hydrogens (tertiary/aromatic N) is 2. The van der Waals surface area contributed by atoms with Crippen LogP contribution in [0.15, 0.2) is 53.4 Å². The molecule has 2 aromatic rings. The van der Waals surface area contributed by atoms with E-state index in [0.717, 1.165) is 35.8 Å². The summed E-state index contributed by atoms with van der Waals surface area (Å²) in [6.07, 6.45) is 2.88. The maximum atomic E-state index is 13.1. The van der Waals surface area contributed by atoms with Gasteiger partial charge in [-0.2, -0.15) is 0 Å². The maximum absolute atomic E-state index is 13.1. The van der Waals surface area contributed by atoms with E-state index in [9.17, 15) is 9.18 Å². The minimum atomic E-state index is -0.230. The fourth-order valence-electron chi connectivity index (χ4n) is 2.97. The minimum absolute atomic E-state index is 0.0672. The first-order valence-electron chi connectivity index (χ1n) is 8.37. The van der Waals surface area contributed by atoms with Crippen molar-refractivity contribution in [3.8, 4) is 0 Å². The van der Waals surface area contributed by atoms with Crippen LogP contribution in [0.25, 0.3) is 0 Å². The van der Waals surface area contributed by atoms with E-state index in [2.05, 4.69) is 10.2 Å². The van der Waals surface area contributed by atoms with Gasteiger partial charge in [0.2, 0.25) is 0 Å². The molecule has 0 aromatic heterocycles. The van der Waals surface area contributed by atoms with Crippen LogP contribution in [-0.4, -0.2) is 43.4 Å². The van der Waals surface area contributed by atoms with Crippen LogP contribution in [0.4, 0.5) is 20.6 Å². The van der Waals surface area contributed by atoms with Gasteiger partial charge in [0.1, 0.15) is 5.82 Å². The molecule has 0 bridgehead atoms. The number of benzene rings is 2. The van der Waals surface area contributed by atoms with E-state index in [-0.39, 0.29) is 11.8 Å². The summed E-state index contributed by atoms with van der Waals surface area (Å²) in [6, 6.07) is 14.3. The molecule has 0 spiro atoms. The van der Waals surface area contributed by atoms with Crippen molar-refractivity contribution in [2.24, 2.45) is 0 Å². The molecule has 4 nitrogen and oxygen atoms in total. The molecule has 132 valence electrons. The number of amides is 2. The SMILES string of the molecule is CSc1ccccc1NC(=O)N1CCCN(c2ccc(F)cc2)CC1. The summed E-state index contributed by atoms with van der Waals surface area (Å²) < 4.78 is 13.1. The van der Waals surface area contributed by atoms with Crippen LogP contribution in [0.1, 0.15) is 6.42 Å². The van der Waals surface area contributed by atoms with Gasteiger partial charge in [0.15, 0.2) is 0 Å². The number of carbonyl (C=O) groups excluding carboxylic acids is 1. The van der Waals surface area contributed by atoms with E-state index in [1.54, 1.807) is 23.9 Å². The summed E-state index contributed by atoms with van der Waals surface area (Å²) in [5, 5.41) is 3.02. The lowest BCUT2D eigenvalue weighted by molar-refractivity contribution is 0.215. The quantitative estimate of drug-likeness (QED) is 0.831. The lowest BCUT2D eigenvalue weighted by Gasteiger charge is -2.24. The van der Waals surface area contributed by atoms with Gasteiger partial charge < -0.3 is 15.1 Å². The molecule has 1 aliphatic heterocycles. The molecule has 1 heterocycles. The molecule has 1 saturated heterocycles. The van der Waals surface area contributed by atoms with Gasteiger partial charge in [-0.15, -0.1) is 11.8 Å². The van der Waals surface area contributed by atoms with Crippen molar-refractivity contribution >= 4 is 29.2 Å². The molecule has 0 unspecified atom stereocenters. The molecular formula is C19H22FN3OS. The molecule has 0 aliphatic carbocycles. The van der Waals surface area contributed by atoms with Crippen molar-refractivity contribution < 1.29 is 9.18 Å². The topological polar surface area (TPSA) is 35.6 Å². The Morgan fingerprint density at radius 2 is 1.80 bits per heavy atom. The summed E-state index contributed by atoms with van der Waals surface area (Å²) in [5.41, 5.74) is 1.84. The Kier molecular flexibility index (Phi) is 5.81. The van der Waals surface area contributed by atoms with Crippen LogP contribution >= 0.6 is 11.8 Å². The molecule has 0 saturated carbocycles. The molecule has 3 rings (SSSR count). The minimum Gasteiger partial charge on any atom is -0.370 e. The van der Waals surface area contributed by atoms with Crippen LogP contribution in [-0.2, 0) is 0 Å². The Balaban J connectivity index is 1.62. The second-order valence-corrected chi connectivity index (χ2v) is 6.78. The van der Waals surface area contributed by atoms with E-state index < -0.39 is 0 Å². The summed E-state index contributed by atoms with van der Waals surface area (Å²) in [5.74, 6) is -0.230. The molecule has 2 amide bonds. The molecule has 6 heteroatoms. The van der Waals surface area contributed by atoms with E-state index in [1.807, 2.05) is 35.4 Å². The lowest BCUT2D eigenvalue weighted by Crippen LogP contribution is -2.38. The third-order valence-electron chi connectivity index (χ3n) is 4.32. The Morgan fingerprint density at radius 1 is 1.04 bits per heavy atom. The lowest BCUT2D eigenvalue weighted by atomic mass is 10.2. The molecule has 25 heavy (non-hydrogen) atoms. The third-order valence-corrected chi connectivity index (χ3v) is 5.12. The number of hydrogen-bond donors (Lipinski definition) is 1. The second kappa shape index (κ2) is 8.25. The fourth-order valence-corrected chi connectivity index (χ4v) is 3.53. The molecule has 1 aliphatic rings. The number of rotatable bonds is 3. The van der Waals surface area contributed by atoms with E-state index >= 15 is 0 Å². The highest BCUT2D eigenvalue weighted by atomic mass is 32.2. The first-order chi connectivity index (χ1) is 12.2. The van der Waals surface area contributed by atoms with Gasteiger partial charge in [0.05, 0.1) is 5.69 Å².